The molecule has 0 aromatic heterocycles. The molecule has 1 atom stereocenters. The lowest BCUT2D eigenvalue weighted by atomic mass is 10.1. The summed E-state index contributed by atoms with van der Waals surface area (Å²) in [6, 6.07) is 0. The smallest absolute Gasteiger partial charge is 0.233 e. The molecule has 0 radical (unpaired) electrons. The van der Waals surface area contributed by atoms with E-state index in [1.54, 1.807) is 7.05 Å². The number of rotatable bonds is 6. The molecule has 1 aliphatic rings. The standard InChI is InChI=1S/C12H25N3O.ClH/c1-11(8-14-12(16)9-13-2)10-15-6-4-3-5-7-15;/h11,13H,3-10H2,1-2H3,(H,14,16);1H. The first kappa shape index (κ1) is 16.7. The summed E-state index contributed by atoms with van der Waals surface area (Å²) in [5, 5.41) is 5.79. The molecule has 1 rings (SSSR count). The molecular formula is C12H26ClN3O. The number of likely N-dealkylation sites (tertiary alicyclic amines) is 1. The van der Waals surface area contributed by atoms with Crippen LogP contribution in [0.25, 0.3) is 0 Å². The van der Waals surface area contributed by atoms with Crippen molar-refractivity contribution in [3.05, 3.63) is 0 Å². The Morgan fingerprint density at radius 3 is 2.53 bits per heavy atom. The van der Waals surface area contributed by atoms with Gasteiger partial charge in [0.1, 0.15) is 0 Å². The molecule has 1 aliphatic heterocycles. The van der Waals surface area contributed by atoms with Gasteiger partial charge in [-0.25, -0.2) is 0 Å². The highest BCUT2D eigenvalue weighted by molar-refractivity contribution is 5.85. The van der Waals surface area contributed by atoms with Gasteiger partial charge in [-0.3, -0.25) is 4.79 Å². The van der Waals surface area contributed by atoms with Crippen molar-refractivity contribution in [3.8, 4) is 0 Å². The van der Waals surface area contributed by atoms with Crippen LogP contribution in [0, 0.1) is 5.92 Å². The first-order valence-corrected chi connectivity index (χ1v) is 6.36. The van der Waals surface area contributed by atoms with E-state index in [1.165, 1.54) is 32.4 Å². The van der Waals surface area contributed by atoms with E-state index in [9.17, 15) is 4.79 Å². The number of halogens is 1. The van der Waals surface area contributed by atoms with Crippen LogP contribution in [0.15, 0.2) is 0 Å². The van der Waals surface area contributed by atoms with Gasteiger partial charge in [-0.15, -0.1) is 12.4 Å². The maximum atomic E-state index is 11.3. The lowest BCUT2D eigenvalue weighted by Gasteiger charge is -2.29. The molecule has 0 saturated carbocycles. The van der Waals surface area contributed by atoms with E-state index >= 15 is 0 Å². The summed E-state index contributed by atoms with van der Waals surface area (Å²) in [5.41, 5.74) is 0. The SMILES string of the molecule is CNCC(=O)NCC(C)CN1CCCCC1.Cl. The lowest BCUT2D eigenvalue weighted by Crippen LogP contribution is -2.39. The zero-order chi connectivity index (χ0) is 11.8. The molecule has 2 N–H and O–H groups in total. The third-order valence-electron chi connectivity index (χ3n) is 3.00. The number of hydrogen-bond acceptors (Lipinski definition) is 3. The molecule has 0 spiro atoms. The van der Waals surface area contributed by atoms with Gasteiger partial charge in [0, 0.05) is 13.1 Å². The van der Waals surface area contributed by atoms with E-state index in [2.05, 4.69) is 22.5 Å². The molecule has 0 aliphatic carbocycles. The number of carbonyl (C=O) groups excluding carboxylic acids is 1. The topological polar surface area (TPSA) is 44.4 Å². The van der Waals surface area contributed by atoms with Gasteiger partial charge < -0.3 is 15.5 Å². The van der Waals surface area contributed by atoms with Crippen molar-refractivity contribution >= 4 is 18.3 Å². The highest BCUT2D eigenvalue weighted by Gasteiger charge is 2.13. The number of likely N-dealkylation sites (N-methyl/N-ethyl adjacent to an activating group) is 1. The minimum Gasteiger partial charge on any atom is -0.355 e. The number of nitrogens with zero attached hydrogens (tertiary/aromatic N) is 1. The van der Waals surface area contributed by atoms with Crippen molar-refractivity contribution in [1.82, 2.24) is 15.5 Å². The average molecular weight is 264 g/mol. The normalized spacial score (nSPS) is 18.2. The predicted octanol–water partition coefficient (Wildman–Crippen LogP) is 0.866. The van der Waals surface area contributed by atoms with Gasteiger partial charge in [0.2, 0.25) is 5.91 Å². The van der Waals surface area contributed by atoms with Crippen molar-refractivity contribution < 1.29 is 4.79 Å². The number of amides is 1. The van der Waals surface area contributed by atoms with Crippen LogP contribution in [-0.2, 0) is 4.79 Å². The third kappa shape index (κ3) is 7.58. The summed E-state index contributed by atoms with van der Waals surface area (Å²) in [4.78, 5) is 13.8. The molecule has 1 saturated heterocycles. The fourth-order valence-corrected chi connectivity index (χ4v) is 2.16. The Morgan fingerprint density at radius 2 is 1.94 bits per heavy atom. The minimum absolute atomic E-state index is 0. The Kier molecular flexibility index (Phi) is 9.50. The van der Waals surface area contributed by atoms with Crippen LogP contribution in [0.4, 0.5) is 0 Å². The second-order valence-corrected chi connectivity index (χ2v) is 4.80. The molecule has 0 aromatic carbocycles. The fourth-order valence-electron chi connectivity index (χ4n) is 2.16. The number of piperidine rings is 1. The summed E-state index contributed by atoms with van der Waals surface area (Å²) in [6.07, 6.45) is 4.04. The van der Waals surface area contributed by atoms with Crippen LogP contribution in [0.1, 0.15) is 26.2 Å². The Labute approximate surface area is 111 Å². The van der Waals surface area contributed by atoms with Crippen molar-refractivity contribution in [2.24, 2.45) is 5.92 Å². The van der Waals surface area contributed by atoms with E-state index in [0.717, 1.165) is 13.1 Å². The monoisotopic (exact) mass is 263 g/mol. The van der Waals surface area contributed by atoms with Gasteiger partial charge in [0.05, 0.1) is 6.54 Å². The van der Waals surface area contributed by atoms with E-state index in [4.69, 9.17) is 0 Å². The summed E-state index contributed by atoms with van der Waals surface area (Å²) in [6.45, 7) is 6.98. The minimum atomic E-state index is 0. The van der Waals surface area contributed by atoms with Crippen LogP contribution >= 0.6 is 12.4 Å². The van der Waals surface area contributed by atoms with Crippen LogP contribution in [0.5, 0.6) is 0 Å². The molecule has 5 heteroatoms. The van der Waals surface area contributed by atoms with Crippen LogP contribution < -0.4 is 10.6 Å². The fraction of sp³-hybridized carbons (Fsp3) is 0.917. The second-order valence-electron chi connectivity index (χ2n) is 4.80. The Balaban J connectivity index is 0.00000256. The average Bonchev–Trinajstić information content (AvgIpc) is 2.28. The third-order valence-corrected chi connectivity index (χ3v) is 3.00. The van der Waals surface area contributed by atoms with Crippen LogP contribution in [0.3, 0.4) is 0 Å². The molecule has 17 heavy (non-hydrogen) atoms. The molecule has 1 unspecified atom stereocenters. The predicted molar refractivity (Wildman–Crippen MR) is 73.6 cm³/mol. The highest BCUT2D eigenvalue weighted by Crippen LogP contribution is 2.10. The first-order chi connectivity index (χ1) is 7.72. The van der Waals surface area contributed by atoms with Crippen molar-refractivity contribution in [3.63, 3.8) is 0 Å². The van der Waals surface area contributed by atoms with Crippen molar-refractivity contribution in [2.45, 2.75) is 26.2 Å². The quantitative estimate of drug-likeness (QED) is 0.747. The maximum Gasteiger partial charge on any atom is 0.233 e. The van der Waals surface area contributed by atoms with E-state index in [0.29, 0.717) is 12.5 Å². The maximum absolute atomic E-state index is 11.3. The van der Waals surface area contributed by atoms with E-state index < -0.39 is 0 Å². The van der Waals surface area contributed by atoms with Gasteiger partial charge in [0.25, 0.3) is 0 Å². The van der Waals surface area contributed by atoms with Gasteiger partial charge in [-0.1, -0.05) is 13.3 Å². The largest absolute Gasteiger partial charge is 0.355 e. The summed E-state index contributed by atoms with van der Waals surface area (Å²) in [7, 11) is 1.79. The first-order valence-electron chi connectivity index (χ1n) is 6.36. The molecular weight excluding hydrogens is 238 g/mol. The summed E-state index contributed by atoms with van der Waals surface area (Å²) < 4.78 is 0. The Bertz CT molecular complexity index is 208. The molecule has 102 valence electrons. The summed E-state index contributed by atoms with van der Waals surface area (Å²) >= 11 is 0. The molecule has 4 nitrogen and oxygen atoms in total. The zero-order valence-electron chi connectivity index (χ0n) is 11.0. The van der Waals surface area contributed by atoms with Gasteiger partial charge in [-0.05, 0) is 38.9 Å². The van der Waals surface area contributed by atoms with Crippen molar-refractivity contribution in [1.29, 1.82) is 0 Å². The van der Waals surface area contributed by atoms with Crippen LogP contribution in [0.2, 0.25) is 0 Å². The molecule has 1 fully saturated rings. The second kappa shape index (κ2) is 9.68. The van der Waals surface area contributed by atoms with E-state index in [1.807, 2.05) is 0 Å². The highest BCUT2D eigenvalue weighted by atomic mass is 35.5. The number of nitrogens with one attached hydrogen (secondary N) is 2. The van der Waals surface area contributed by atoms with Gasteiger partial charge in [0.15, 0.2) is 0 Å². The molecule has 0 bridgehead atoms. The summed E-state index contributed by atoms with van der Waals surface area (Å²) in [5.74, 6) is 0.631. The van der Waals surface area contributed by atoms with Crippen molar-refractivity contribution in [2.75, 3.05) is 39.8 Å². The number of hydrogen-bond donors (Lipinski definition) is 2. The molecule has 1 heterocycles. The zero-order valence-corrected chi connectivity index (χ0v) is 11.8. The molecule has 1 amide bonds. The Morgan fingerprint density at radius 1 is 1.29 bits per heavy atom. The van der Waals surface area contributed by atoms with Crippen LogP contribution in [-0.4, -0.2) is 50.6 Å². The Hall–Kier alpha value is -0.320. The lowest BCUT2D eigenvalue weighted by molar-refractivity contribution is -0.120. The van der Waals surface area contributed by atoms with E-state index in [-0.39, 0.29) is 18.3 Å². The number of carbonyl (C=O) groups is 1. The van der Waals surface area contributed by atoms with Gasteiger partial charge in [-0.2, -0.15) is 0 Å². The molecule has 0 aromatic rings. The van der Waals surface area contributed by atoms with Gasteiger partial charge >= 0.3 is 0 Å².